The predicted molar refractivity (Wildman–Crippen MR) is 138 cm³/mol. The maximum absolute atomic E-state index is 13.4. The van der Waals surface area contributed by atoms with Gasteiger partial charge >= 0.3 is 0 Å². The molecule has 2 aromatic carbocycles. The molecule has 5 N–H and O–H groups in total. The number of rotatable bonds is 10. The number of hydrogen-bond donors (Lipinski definition) is 5. The molecule has 2 heterocycles. The Morgan fingerprint density at radius 1 is 1.12 bits per heavy atom. The third-order valence-electron chi connectivity index (χ3n) is 5.93. The summed E-state index contributed by atoms with van der Waals surface area (Å²) in [5.41, 5.74) is 9.77. The number of nitrogens with one attached hydrogen (secondary N) is 5. The highest BCUT2D eigenvalue weighted by Crippen LogP contribution is 2.27. The fourth-order valence-electron chi connectivity index (χ4n) is 3.93. The van der Waals surface area contributed by atoms with Gasteiger partial charge in [-0.15, -0.1) is 11.3 Å². The van der Waals surface area contributed by atoms with E-state index in [4.69, 9.17) is 0 Å². The zero-order valence-electron chi connectivity index (χ0n) is 19.5. The number of amides is 2. The Kier molecular flexibility index (Phi) is 7.95. The van der Waals surface area contributed by atoms with Crippen LogP contribution in [0, 0.1) is 0 Å². The van der Waals surface area contributed by atoms with Crippen LogP contribution >= 0.6 is 11.3 Å². The van der Waals surface area contributed by atoms with Gasteiger partial charge in [-0.05, 0) is 59.7 Å². The molecule has 8 heteroatoms. The topological polar surface area (TPSA) is 94.3 Å². The summed E-state index contributed by atoms with van der Waals surface area (Å²) in [6.07, 6.45) is 0.766. The molecule has 0 bridgehead atoms. The third-order valence-corrected chi connectivity index (χ3v) is 6.85. The molecule has 0 radical (unpaired) electrons. The van der Waals surface area contributed by atoms with Gasteiger partial charge in [0.2, 0.25) is 5.91 Å². The summed E-state index contributed by atoms with van der Waals surface area (Å²) in [5, 5.41) is 11.9. The molecule has 1 atom stereocenters. The molecule has 4 rings (SSSR count). The van der Waals surface area contributed by atoms with Crippen molar-refractivity contribution in [2.24, 2.45) is 0 Å². The van der Waals surface area contributed by atoms with Crippen molar-refractivity contribution in [1.29, 1.82) is 0 Å². The molecule has 34 heavy (non-hydrogen) atoms. The molecule has 0 aliphatic carbocycles. The van der Waals surface area contributed by atoms with Crippen molar-refractivity contribution in [2.45, 2.75) is 31.8 Å². The van der Waals surface area contributed by atoms with Crippen LogP contribution < -0.4 is 26.8 Å². The van der Waals surface area contributed by atoms with E-state index in [0.717, 1.165) is 35.5 Å². The largest absolute Gasteiger partial charge is 0.380 e. The first-order valence-electron chi connectivity index (χ1n) is 11.5. The molecule has 1 saturated heterocycles. The van der Waals surface area contributed by atoms with Gasteiger partial charge in [0.05, 0.1) is 12.1 Å². The standard InChI is InChI=1S/C26H31N5O2S/c1-17(19-5-3-6-20(13-19)24-7-4-12-34-24)29-26(33)23-14-21(30-22-15-28-16-22)10-8-18(23)9-11-25(32)31-27-2/h3-8,10,12-14,17,22,27-28,30H,9,11,15-16H2,1-2H3,(H,29,33)(H,31,32). The number of carbonyl (C=O) groups is 2. The van der Waals surface area contributed by atoms with Crippen molar-refractivity contribution in [3.8, 4) is 10.4 Å². The minimum atomic E-state index is -0.166. The second-order valence-corrected chi connectivity index (χ2v) is 9.42. The zero-order valence-corrected chi connectivity index (χ0v) is 20.3. The van der Waals surface area contributed by atoms with Crippen molar-refractivity contribution in [3.05, 3.63) is 76.7 Å². The SMILES string of the molecule is CNNC(=O)CCc1ccc(NC2CNC2)cc1C(=O)NC(C)c1cccc(-c2cccs2)c1. The Bertz CT molecular complexity index is 1130. The molecule has 1 unspecified atom stereocenters. The molecule has 178 valence electrons. The van der Waals surface area contributed by atoms with Crippen LogP contribution in [0.3, 0.4) is 0 Å². The molecule has 1 fully saturated rings. The summed E-state index contributed by atoms with van der Waals surface area (Å²) in [6, 6.07) is 18.4. The maximum Gasteiger partial charge on any atom is 0.252 e. The summed E-state index contributed by atoms with van der Waals surface area (Å²) in [4.78, 5) is 26.5. The average molecular weight is 478 g/mol. The molecule has 3 aromatic rings. The van der Waals surface area contributed by atoms with E-state index in [2.05, 4.69) is 50.4 Å². The summed E-state index contributed by atoms with van der Waals surface area (Å²) >= 11 is 1.70. The predicted octanol–water partition coefficient (Wildman–Crippen LogP) is 3.47. The second kappa shape index (κ2) is 11.3. The number of thiophene rings is 1. The van der Waals surface area contributed by atoms with Gasteiger partial charge in [-0.1, -0.05) is 30.3 Å². The van der Waals surface area contributed by atoms with E-state index in [9.17, 15) is 9.59 Å². The molecule has 2 amide bonds. The van der Waals surface area contributed by atoms with Gasteiger partial charge in [-0.3, -0.25) is 15.0 Å². The molecular formula is C26H31N5O2S. The number of hydrazine groups is 1. The van der Waals surface area contributed by atoms with E-state index in [-0.39, 0.29) is 17.9 Å². The van der Waals surface area contributed by atoms with Gasteiger partial charge < -0.3 is 16.0 Å². The van der Waals surface area contributed by atoms with Crippen LogP contribution in [0.2, 0.25) is 0 Å². The number of carbonyl (C=O) groups excluding carboxylic acids is 2. The Morgan fingerprint density at radius 3 is 2.68 bits per heavy atom. The summed E-state index contributed by atoms with van der Waals surface area (Å²) < 4.78 is 0. The van der Waals surface area contributed by atoms with Crippen LogP contribution in [0.1, 0.15) is 40.9 Å². The lowest BCUT2D eigenvalue weighted by Gasteiger charge is -2.29. The van der Waals surface area contributed by atoms with E-state index in [1.54, 1.807) is 18.4 Å². The minimum absolute atomic E-state index is 0.115. The zero-order chi connectivity index (χ0) is 23.9. The van der Waals surface area contributed by atoms with Crippen molar-refractivity contribution in [2.75, 3.05) is 25.5 Å². The lowest BCUT2D eigenvalue weighted by molar-refractivity contribution is -0.121. The van der Waals surface area contributed by atoms with Crippen molar-refractivity contribution < 1.29 is 9.59 Å². The van der Waals surface area contributed by atoms with E-state index in [1.807, 2.05) is 43.3 Å². The summed E-state index contributed by atoms with van der Waals surface area (Å²) in [5.74, 6) is -0.260. The first-order valence-corrected chi connectivity index (χ1v) is 12.4. The number of anilines is 1. The molecule has 1 aromatic heterocycles. The van der Waals surface area contributed by atoms with Gasteiger partial charge in [0.25, 0.3) is 5.91 Å². The van der Waals surface area contributed by atoms with E-state index in [1.165, 1.54) is 4.88 Å². The Balaban J connectivity index is 1.51. The summed E-state index contributed by atoms with van der Waals surface area (Å²) in [6.45, 7) is 3.81. The first-order chi connectivity index (χ1) is 16.5. The van der Waals surface area contributed by atoms with Crippen LogP contribution in [0.5, 0.6) is 0 Å². The van der Waals surface area contributed by atoms with E-state index >= 15 is 0 Å². The Hall–Kier alpha value is -3.20. The highest BCUT2D eigenvalue weighted by Gasteiger charge is 2.20. The average Bonchev–Trinajstić information content (AvgIpc) is 3.36. The summed E-state index contributed by atoms with van der Waals surface area (Å²) in [7, 11) is 1.65. The molecule has 1 aliphatic heterocycles. The third kappa shape index (κ3) is 6.02. The molecule has 7 nitrogen and oxygen atoms in total. The quantitative estimate of drug-likeness (QED) is 0.288. The monoisotopic (exact) mass is 477 g/mol. The smallest absolute Gasteiger partial charge is 0.252 e. The number of aryl methyl sites for hydroxylation is 1. The molecular weight excluding hydrogens is 446 g/mol. The van der Waals surface area contributed by atoms with Crippen molar-refractivity contribution >= 4 is 28.8 Å². The fraction of sp³-hybridized carbons (Fsp3) is 0.308. The van der Waals surface area contributed by atoms with Gasteiger partial charge in [0, 0.05) is 42.7 Å². The lowest BCUT2D eigenvalue weighted by Crippen LogP contribution is -2.51. The van der Waals surface area contributed by atoms with E-state index in [0.29, 0.717) is 24.4 Å². The van der Waals surface area contributed by atoms with Crippen LogP contribution in [-0.2, 0) is 11.2 Å². The molecule has 0 spiro atoms. The van der Waals surface area contributed by atoms with Gasteiger partial charge in [-0.25, -0.2) is 5.43 Å². The normalized spacial score (nSPS) is 14.2. The fourth-order valence-corrected chi connectivity index (χ4v) is 4.66. The van der Waals surface area contributed by atoms with Gasteiger partial charge in [-0.2, -0.15) is 0 Å². The Morgan fingerprint density at radius 2 is 1.97 bits per heavy atom. The highest BCUT2D eigenvalue weighted by atomic mass is 32.1. The van der Waals surface area contributed by atoms with Gasteiger partial charge in [0.15, 0.2) is 0 Å². The van der Waals surface area contributed by atoms with Crippen LogP contribution in [0.4, 0.5) is 5.69 Å². The Labute approximate surface area is 204 Å². The van der Waals surface area contributed by atoms with Crippen LogP contribution in [-0.4, -0.2) is 38.0 Å². The first kappa shape index (κ1) is 23.9. The minimum Gasteiger partial charge on any atom is -0.380 e. The maximum atomic E-state index is 13.4. The molecule has 1 aliphatic rings. The van der Waals surface area contributed by atoms with Crippen molar-refractivity contribution in [1.82, 2.24) is 21.5 Å². The second-order valence-electron chi connectivity index (χ2n) is 8.47. The van der Waals surface area contributed by atoms with E-state index < -0.39 is 0 Å². The van der Waals surface area contributed by atoms with Crippen LogP contribution in [0.15, 0.2) is 60.0 Å². The van der Waals surface area contributed by atoms with Gasteiger partial charge in [0.1, 0.15) is 0 Å². The molecule has 0 saturated carbocycles. The lowest BCUT2D eigenvalue weighted by atomic mass is 9.99. The number of hydrogen-bond acceptors (Lipinski definition) is 6. The highest BCUT2D eigenvalue weighted by molar-refractivity contribution is 7.13. The van der Waals surface area contributed by atoms with Crippen LogP contribution in [0.25, 0.3) is 10.4 Å². The van der Waals surface area contributed by atoms with Crippen molar-refractivity contribution in [3.63, 3.8) is 0 Å². The number of benzene rings is 2.